The van der Waals surface area contributed by atoms with Crippen molar-refractivity contribution in [3.8, 4) is 0 Å². The zero-order valence-electron chi connectivity index (χ0n) is 13.7. The number of nitrogens with one attached hydrogen (secondary N) is 2. The van der Waals surface area contributed by atoms with Crippen LogP contribution in [0.15, 0.2) is 28.3 Å². The van der Waals surface area contributed by atoms with E-state index in [2.05, 4.69) is 10.4 Å². The van der Waals surface area contributed by atoms with Crippen molar-refractivity contribution in [3.63, 3.8) is 0 Å². The van der Waals surface area contributed by atoms with Crippen LogP contribution >= 0.6 is 11.3 Å². The highest BCUT2D eigenvalue weighted by Crippen LogP contribution is 2.38. The van der Waals surface area contributed by atoms with Gasteiger partial charge in [0.15, 0.2) is 0 Å². The number of alkyl halides is 3. The van der Waals surface area contributed by atoms with Crippen molar-refractivity contribution in [1.29, 1.82) is 0 Å². The van der Waals surface area contributed by atoms with E-state index in [9.17, 15) is 27.9 Å². The molecule has 1 aromatic rings. The highest BCUT2D eigenvalue weighted by molar-refractivity contribution is 7.13. The summed E-state index contributed by atoms with van der Waals surface area (Å²) in [6.45, 7) is 1.53. The lowest BCUT2D eigenvalue weighted by atomic mass is 9.97. The first-order valence-electron chi connectivity index (χ1n) is 7.37. The van der Waals surface area contributed by atoms with Crippen molar-refractivity contribution in [1.82, 2.24) is 15.8 Å². The van der Waals surface area contributed by atoms with Crippen LogP contribution < -0.4 is 10.7 Å². The number of hydrogen-bond acceptors (Lipinski definition) is 6. The van der Waals surface area contributed by atoms with E-state index in [1.807, 2.05) is 10.7 Å². The largest absolute Gasteiger partial charge is 0.408 e. The number of nitrogens with zero attached hydrogens (tertiary/aromatic N) is 3. The number of aliphatic hydroxyl groups excluding tert-OH is 1. The van der Waals surface area contributed by atoms with Gasteiger partial charge in [0.1, 0.15) is 11.7 Å². The molecular formula is C14H16F3N5O3S. The maximum absolute atomic E-state index is 13.1. The second-order valence-corrected chi connectivity index (χ2v) is 6.55. The Morgan fingerprint density at radius 2 is 2.19 bits per heavy atom. The van der Waals surface area contributed by atoms with Crippen molar-refractivity contribution in [2.24, 2.45) is 10.4 Å². The van der Waals surface area contributed by atoms with Crippen molar-refractivity contribution in [2.75, 3.05) is 7.05 Å². The minimum absolute atomic E-state index is 0.124. The standard InChI is InChI=1S/C14H16F3N5O3S/c1-7(24)9-3-4-10(26-9)8-5-11(14(15,16)17)19-13(25)12(8)22(2)21-20-18-6-23/h3-4,6-7,11,24H,5H2,1-2H3,(H,19,25)(H,18,21,23). The maximum atomic E-state index is 13.1. The summed E-state index contributed by atoms with van der Waals surface area (Å²) in [5.41, 5.74) is 1.91. The smallest absolute Gasteiger partial charge is 0.388 e. The van der Waals surface area contributed by atoms with Gasteiger partial charge in [0.25, 0.3) is 5.91 Å². The van der Waals surface area contributed by atoms with Crippen LogP contribution in [-0.2, 0) is 9.59 Å². The third-order valence-electron chi connectivity index (χ3n) is 3.56. The van der Waals surface area contributed by atoms with Crippen LogP contribution in [0.4, 0.5) is 13.2 Å². The summed E-state index contributed by atoms with van der Waals surface area (Å²) in [7, 11) is 1.32. The Kier molecular flexibility index (Phi) is 5.97. The lowest BCUT2D eigenvalue weighted by Gasteiger charge is -2.31. The number of carbonyl (C=O) groups excluding carboxylic acids is 2. The number of likely N-dealkylation sites (N-methyl/N-ethyl adjacent to an activating group) is 1. The summed E-state index contributed by atoms with van der Waals surface area (Å²) in [6.07, 6.45) is -5.65. The monoisotopic (exact) mass is 391 g/mol. The summed E-state index contributed by atoms with van der Waals surface area (Å²) in [5, 5.41) is 19.4. The molecule has 8 nitrogen and oxygen atoms in total. The number of carbonyl (C=O) groups is 2. The molecule has 2 unspecified atom stereocenters. The van der Waals surface area contributed by atoms with E-state index in [-0.39, 0.29) is 17.7 Å². The van der Waals surface area contributed by atoms with Crippen molar-refractivity contribution < 1.29 is 27.9 Å². The fourth-order valence-electron chi connectivity index (χ4n) is 2.37. The maximum Gasteiger partial charge on any atom is 0.408 e. The molecule has 2 rings (SSSR count). The molecule has 142 valence electrons. The van der Waals surface area contributed by atoms with Crippen molar-refractivity contribution >= 4 is 29.2 Å². The van der Waals surface area contributed by atoms with Crippen LogP contribution in [0.3, 0.4) is 0 Å². The quantitative estimate of drug-likeness (QED) is 0.391. The van der Waals surface area contributed by atoms with Crippen LogP contribution in [0.1, 0.15) is 29.2 Å². The fraction of sp³-hybridized carbons (Fsp3) is 0.429. The molecule has 0 fully saturated rings. The van der Waals surface area contributed by atoms with Crippen LogP contribution in [0.5, 0.6) is 0 Å². The van der Waals surface area contributed by atoms with Crippen LogP contribution in [0.25, 0.3) is 5.57 Å². The van der Waals surface area contributed by atoms with Crippen LogP contribution in [0, 0.1) is 0 Å². The lowest BCUT2D eigenvalue weighted by Crippen LogP contribution is -2.50. The predicted molar refractivity (Wildman–Crippen MR) is 86.3 cm³/mol. The highest BCUT2D eigenvalue weighted by Gasteiger charge is 2.45. The van der Waals surface area contributed by atoms with Gasteiger partial charge in [-0.15, -0.1) is 11.3 Å². The number of hydrogen-bond donors (Lipinski definition) is 3. The van der Waals surface area contributed by atoms with Gasteiger partial charge in [-0.1, -0.05) is 0 Å². The molecule has 1 aliphatic heterocycles. The van der Waals surface area contributed by atoms with E-state index in [1.165, 1.54) is 14.0 Å². The van der Waals surface area contributed by atoms with E-state index in [0.29, 0.717) is 9.75 Å². The van der Waals surface area contributed by atoms with Crippen LogP contribution in [-0.4, -0.2) is 41.7 Å². The van der Waals surface area contributed by atoms with E-state index < -0.39 is 30.7 Å². The minimum Gasteiger partial charge on any atom is -0.388 e. The molecule has 2 amide bonds. The summed E-state index contributed by atoms with van der Waals surface area (Å²) < 4.78 is 39.4. The van der Waals surface area contributed by atoms with Crippen molar-refractivity contribution in [3.05, 3.63) is 27.6 Å². The van der Waals surface area contributed by atoms with Gasteiger partial charge < -0.3 is 10.4 Å². The van der Waals surface area contributed by atoms with E-state index in [4.69, 9.17) is 0 Å². The average molecular weight is 391 g/mol. The van der Waals surface area contributed by atoms with Gasteiger partial charge in [-0.25, -0.2) is 10.4 Å². The van der Waals surface area contributed by atoms with E-state index in [1.54, 1.807) is 12.1 Å². The minimum atomic E-state index is -4.62. The first kappa shape index (κ1) is 19.8. The second-order valence-electron chi connectivity index (χ2n) is 5.44. The fourth-order valence-corrected chi connectivity index (χ4v) is 3.37. The molecule has 0 aliphatic carbocycles. The molecule has 0 saturated heterocycles. The zero-order valence-corrected chi connectivity index (χ0v) is 14.6. The molecule has 0 aromatic carbocycles. The van der Waals surface area contributed by atoms with E-state index in [0.717, 1.165) is 16.3 Å². The van der Waals surface area contributed by atoms with Gasteiger partial charge in [-0.3, -0.25) is 9.59 Å². The second kappa shape index (κ2) is 7.83. The molecule has 1 aliphatic rings. The Morgan fingerprint density at radius 3 is 2.73 bits per heavy atom. The molecule has 3 N–H and O–H groups in total. The summed E-state index contributed by atoms with van der Waals surface area (Å²) in [4.78, 5) is 23.5. The van der Waals surface area contributed by atoms with Gasteiger partial charge >= 0.3 is 6.18 Å². The number of rotatable bonds is 6. The Balaban J connectivity index is 2.50. The molecule has 2 heterocycles. The van der Waals surface area contributed by atoms with Gasteiger partial charge in [-0.2, -0.15) is 13.2 Å². The molecule has 1 aromatic heterocycles. The first-order chi connectivity index (χ1) is 12.1. The summed E-state index contributed by atoms with van der Waals surface area (Å²) in [6, 6.07) is 1.09. The Morgan fingerprint density at radius 1 is 1.50 bits per heavy atom. The third-order valence-corrected chi connectivity index (χ3v) is 4.87. The summed E-state index contributed by atoms with van der Waals surface area (Å²) in [5.74, 6) is -0.965. The Labute approximate surface area is 150 Å². The number of halogens is 3. The molecule has 0 spiro atoms. The molecule has 26 heavy (non-hydrogen) atoms. The molecule has 0 bridgehead atoms. The van der Waals surface area contributed by atoms with Crippen LogP contribution in [0.2, 0.25) is 0 Å². The predicted octanol–water partition coefficient (Wildman–Crippen LogP) is 1.92. The average Bonchev–Trinajstić information content (AvgIpc) is 3.03. The lowest BCUT2D eigenvalue weighted by molar-refractivity contribution is -0.161. The Bertz CT molecular complexity index is 744. The third kappa shape index (κ3) is 4.38. The van der Waals surface area contributed by atoms with Gasteiger partial charge in [0.2, 0.25) is 6.41 Å². The van der Waals surface area contributed by atoms with Gasteiger partial charge in [0, 0.05) is 28.8 Å². The zero-order chi connectivity index (χ0) is 19.5. The molecule has 0 radical (unpaired) electrons. The molecule has 12 heteroatoms. The topological polar surface area (TPSA) is 106 Å². The highest BCUT2D eigenvalue weighted by atomic mass is 32.1. The number of aliphatic hydroxyl groups is 1. The molecular weight excluding hydrogens is 375 g/mol. The van der Waals surface area contributed by atoms with Crippen molar-refractivity contribution in [2.45, 2.75) is 31.7 Å². The summed E-state index contributed by atoms with van der Waals surface area (Å²) >= 11 is 1.09. The SMILES string of the molecule is CC(O)c1ccc(C2=C(N(C)/N=N\NC=O)C(=O)NC(C(F)(F)F)C2)s1. The van der Waals surface area contributed by atoms with Gasteiger partial charge in [0.05, 0.1) is 6.10 Å². The first-order valence-corrected chi connectivity index (χ1v) is 8.19. The van der Waals surface area contributed by atoms with Gasteiger partial charge in [-0.05, 0) is 29.5 Å². The number of thiophene rings is 1. The normalized spacial score (nSPS) is 19.5. The number of amides is 2. The molecule has 2 atom stereocenters. The molecule has 0 saturated carbocycles. The van der Waals surface area contributed by atoms with E-state index >= 15 is 0 Å². The Hall–Kier alpha value is -2.47.